The number of aliphatic carboxylic acids is 1. The summed E-state index contributed by atoms with van der Waals surface area (Å²) < 4.78 is 0. The van der Waals surface area contributed by atoms with Crippen molar-refractivity contribution in [1.82, 2.24) is 0 Å². The number of rotatable bonds is 13. The third-order valence-electron chi connectivity index (χ3n) is 5.12. The molecule has 0 aromatic rings. The predicted molar refractivity (Wildman–Crippen MR) is 90.6 cm³/mol. The fourth-order valence-corrected chi connectivity index (χ4v) is 3.48. The summed E-state index contributed by atoms with van der Waals surface area (Å²) in [6.07, 6.45) is 6.03. The summed E-state index contributed by atoms with van der Waals surface area (Å²) in [6, 6.07) is 0. The minimum Gasteiger partial charge on any atom is -0.481 e. The summed E-state index contributed by atoms with van der Waals surface area (Å²) in [5, 5.41) is 47.5. The molecule has 0 spiro atoms. The molecule has 0 radical (unpaired) electrons. The summed E-state index contributed by atoms with van der Waals surface area (Å²) in [6.45, 7) is 0. The van der Waals surface area contributed by atoms with Crippen LogP contribution in [0.2, 0.25) is 0 Å². The van der Waals surface area contributed by atoms with Gasteiger partial charge in [0.05, 0.1) is 24.4 Å². The summed E-state index contributed by atoms with van der Waals surface area (Å²) in [5.74, 6) is -0.608. The van der Waals surface area contributed by atoms with Gasteiger partial charge in [-0.05, 0) is 44.4 Å². The molecule has 0 saturated heterocycles. The van der Waals surface area contributed by atoms with E-state index < -0.39 is 30.4 Å². The standard InChI is InChI=1S/C18H34O6/c19-14(15(20)9-5-6-10-17(22)23)8-4-2-1-3-7-13-11-12-16(21)18(13)24/h13-16,18-21,24H,1-12H2,(H,22,23). The fraction of sp³-hybridized carbons (Fsp3) is 0.944. The van der Waals surface area contributed by atoms with Crippen LogP contribution < -0.4 is 0 Å². The highest BCUT2D eigenvalue weighted by molar-refractivity contribution is 5.66. The van der Waals surface area contributed by atoms with Gasteiger partial charge in [-0.3, -0.25) is 4.79 Å². The van der Waals surface area contributed by atoms with Gasteiger partial charge in [0.15, 0.2) is 0 Å². The molecule has 0 heterocycles. The molecule has 0 aliphatic heterocycles. The monoisotopic (exact) mass is 346 g/mol. The molecule has 1 aliphatic rings. The van der Waals surface area contributed by atoms with Crippen molar-refractivity contribution < 1.29 is 30.3 Å². The van der Waals surface area contributed by atoms with Crippen LogP contribution in [-0.4, -0.2) is 55.9 Å². The Morgan fingerprint density at radius 3 is 2.00 bits per heavy atom. The third kappa shape index (κ3) is 8.42. The summed E-state index contributed by atoms with van der Waals surface area (Å²) >= 11 is 0. The van der Waals surface area contributed by atoms with Crippen molar-refractivity contribution in [2.45, 2.75) is 101 Å². The quantitative estimate of drug-likeness (QED) is 0.325. The number of hydrogen-bond acceptors (Lipinski definition) is 5. The van der Waals surface area contributed by atoms with Crippen LogP contribution in [0.3, 0.4) is 0 Å². The number of unbranched alkanes of at least 4 members (excludes halogenated alkanes) is 4. The predicted octanol–water partition coefficient (Wildman–Crippen LogP) is 1.83. The van der Waals surface area contributed by atoms with Gasteiger partial charge in [0.1, 0.15) is 0 Å². The van der Waals surface area contributed by atoms with Gasteiger partial charge in [-0.2, -0.15) is 0 Å². The van der Waals surface area contributed by atoms with Gasteiger partial charge in [-0.25, -0.2) is 0 Å². The van der Waals surface area contributed by atoms with E-state index >= 15 is 0 Å². The molecule has 24 heavy (non-hydrogen) atoms. The molecule has 1 rings (SSSR count). The van der Waals surface area contributed by atoms with Crippen molar-refractivity contribution in [1.29, 1.82) is 0 Å². The van der Waals surface area contributed by atoms with E-state index in [0.717, 1.165) is 38.5 Å². The second-order valence-electron chi connectivity index (χ2n) is 7.16. The molecule has 0 bridgehead atoms. The normalized spacial score (nSPS) is 26.4. The number of aliphatic hydroxyl groups is 4. The Kier molecular flexibility index (Phi) is 10.5. The van der Waals surface area contributed by atoms with Crippen LogP contribution in [0.1, 0.15) is 77.0 Å². The van der Waals surface area contributed by atoms with Crippen LogP contribution in [0.5, 0.6) is 0 Å². The molecular weight excluding hydrogens is 312 g/mol. The van der Waals surface area contributed by atoms with Crippen LogP contribution in [0, 0.1) is 5.92 Å². The lowest BCUT2D eigenvalue weighted by Crippen LogP contribution is -2.25. The first-order valence-corrected chi connectivity index (χ1v) is 9.36. The highest BCUT2D eigenvalue weighted by atomic mass is 16.4. The highest BCUT2D eigenvalue weighted by Gasteiger charge is 2.32. The first-order chi connectivity index (χ1) is 11.4. The maximum atomic E-state index is 10.4. The molecule has 1 fully saturated rings. The van der Waals surface area contributed by atoms with Crippen molar-refractivity contribution in [3.8, 4) is 0 Å². The maximum absolute atomic E-state index is 10.4. The summed E-state index contributed by atoms with van der Waals surface area (Å²) in [4.78, 5) is 10.4. The molecule has 1 saturated carbocycles. The average molecular weight is 346 g/mol. The molecule has 6 nitrogen and oxygen atoms in total. The number of hydrogen-bond donors (Lipinski definition) is 5. The maximum Gasteiger partial charge on any atom is 0.303 e. The van der Waals surface area contributed by atoms with Gasteiger partial charge < -0.3 is 25.5 Å². The van der Waals surface area contributed by atoms with E-state index in [-0.39, 0.29) is 12.3 Å². The molecule has 5 N–H and O–H groups in total. The van der Waals surface area contributed by atoms with Crippen LogP contribution in [0.25, 0.3) is 0 Å². The van der Waals surface area contributed by atoms with E-state index in [4.69, 9.17) is 5.11 Å². The zero-order chi connectivity index (χ0) is 17.9. The Balaban J connectivity index is 1.97. The minimum absolute atomic E-state index is 0.107. The first kappa shape index (κ1) is 21.4. The van der Waals surface area contributed by atoms with Crippen molar-refractivity contribution >= 4 is 5.97 Å². The number of aliphatic hydroxyl groups excluding tert-OH is 4. The van der Waals surface area contributed by atoms with E-state index in [9.17, 15) is 25.2 Å². The van der Waals surface area contributed by atoms with Gasteiger partial charge >= 0.3 is 5.97 Å². The molecule has 0 amide bonds. The molecule has 5 unspecified atom stereocenters. The summed E-state index contributed by atoms with van der Waals surface area (Å²) in [7, 11) is 0. The third-order valence-corrected chi connectivity index (χ3v) is 5.12. The van der Waals surface area contributed by atoms with E-state index in [2.05, 4.69) is 0 Å². The highest BCUT2D eigenvalue weighted by Crippen LogP contribution is 2.30. The topological polar surface area (TPSA) is 118 Å². The second kappa shape index (κ2) is 11.8. The Hall–Kier alpha value is -0.690. The Bertz CT molecular complexity index is 348. The van der Waals surface area contributed by atoms with Crippen molar-refractivity contribution in [3.63, 3.8) is 0 Å². The number of carboxylic acids is 1. The van der Waals surface area contributed by atoms with E-state index in [1.54, 1.807) is 0 Å². The largest absolute Gasteiger partial charge is 0.481 e. The van der Waals surface area contributed by atoms with Crippen LogP contribution >= 0.6 is 0 Å². The van der Waals surface area contributed by atoms with Crippen molar-refractivity contribution in [2.24, 2.45) is 5.92 Å². The molecule has 1 aliphatic carbocycles. The van der Waals surface area contributed by atoms with Crippen LogP contribution in [-0.2, 0) is 4.79 Å². The van der Waals surface area contributed by atoms with Crippen LogP contribution in [0.4, 0.5) is 0 Å². The number of carbonyl (C=O) groups is 1. The SMILES string of the molecule is O=C(O)CCCCC(O)C(O)CCCCCCC1CCC(O)C1O. The van der Waals surface area contributed by atoms with Gasteiger partial charge in [0.25, 0.3) is 0 Å². The first-order valence-electron chi connectivity index (χ1n) is 9.36. The lowest BCUT2D eigenvalue weighted by Gasteiger charge is -2.18. The zero-order valence-electron chi connectivity index (χ0n) is 14.5. The van der Waals surface area contributed by atoms with Gasteiger partial charge in [0, 0.05) is 6.42 Å². The van der Waals surface area contributed by atoms with Gasteiger partial charge in [0.2, 0.25) is 0 Å². The van der Waals surface area contributed by atoms with Crippen LogP contribution in [0.15, 0.2) is 0 Å². The Labute approximate surface area is 144 Å². The molecule has 5 atom stereocenters. The molecule has 6 heteroatoms. The molecular formula is C18H34O6. The molecule has 0 aromatic heterocycles. The summed E-state index contributed by atoms with van der Waals surface area (Å²) in [5.41, 5.74) is 0. The minimum atomic E-state index is -0.829. The molecule has 0 aromatic carbocycles. The lowest BCUT2D eigenvalue weighted by atomic mass is 9.96. The van der Waals surface area contributed by atoms with Gasteiger partial charge in [-0.1, -0.05) is 32.1 Å². The van der Waals surface area contributed by atoms with Gasteiger partial charge in [-0.15, -0.1) is 0 Å². The lowest BCUT2D eigenvalue weighted by molar-refractivity contribution is -0.137. The number of carboxylic acid groups (broad SMARTS) is 1. The Morgan fingerprint density at radius 2 is 1.46 bits per heavy atom. The fourth-order valence-electron chi connectivity index (χ4n) is 3.48. The Morgan fingerprint density at radius 1 is 0.875 bits per heavy atom. The smallest absolute Gasteiger partial charge is 0.303 e. The van der Waals surface area contributed by atoms with E-state index in [1.807, 2.05) is 0 Å². The van der Waals surface area contributed by atoms with E-state index in [0.29, 0.717) is 32.1 Å². The van der Waals surface area contributed by atoms with E-state index in [1.165, 1.54) is 0 Å². The molecule has 142 valence electrons. The second-order valence-corrected chi connectivity index (χ2v) is 7.16. The average Bonchev–Trinajstić information content (AvgIpc) is 2.86. The van der Waals surface area contributed by atoms with Crippen molar-refractivity contribution in [2.75, 3.05) is 0 Å². The zero-order valence-corrected chi connectivity index (χ0v) is 14.5. The van der Waals surface area contributed by atoms with Crippen molar-refractivity contribution in [3.05, 3.63) is 0 Å².